The summed E-state index contributed by atoms with van der Waals surface area (Å²) in [5.74, 6) is -0.0972. The van der Waals surface area contributed by atoms with Gasteiger partial charge in [-0.2, -0.15) is 0 Å². The Balaban J connectivity index is 0.00000121. The molecule has 0 spiro atoms. The van der Waals surface area contributed by atoms with E-state index in [1.807, 2.05) is 0 Å². The van der Waals surface area contributed by atoms with E-state index in [0.717, 1.165) is 31.7 Å². The number of nitrogens with zero attached hydrogens (tertiary/aromatic N) is 2. The minimum atomic E-state index is -0.423. The van der Waals surface area contributed by atoms with Crippen molar-refractivity contribution in [3.05, 3.63) is 10.6 Å². The van der Waals surface area contributed by atoms with Crippen LogP contribution in [-0.4, -0.2) is 52.7 Å². The molecule has 2 aliphatic heterocycles. The van der Waals surface area contributed by atoms with Gasteiger partial charge in [-0.15, -0.1) is 36.2 Å². The zero-order valence-corrected chi connectivity index (χ0v) is 14.8. The first kappa shape index (κ1) is 19.6. The Hall–Kier alpha value is -0.440. The number of halogens is 2. The second kappa shape index (κ2) is 8.42. The van der Waals surface area contributed by atoms with Crippen molar-refractivity contribution in [3.8, 4) is 0 Å². The van der Waals surface area contributed by atoms with Crippen LogP contribution in [0.4, 0.5) is 5.13 Å². The molecule has 3 N–H and O–H groups in total. The first-order chi connectivity index (χ1) is 9.65. The number of fused-ring (bicyclic) bond motifs is 1. The van der Waals surface area contributed by atoms with Crippen LogP contribution in [0, 0.1) is 0 Å². The van der Waals surface area contributed by atoms with E-state index in [1.165, 1.54) is 4.88 Å². The van der Waals surface area contributed by atoms with Gasteiger partial charge in [0.2, 0.25) is 5.91 Å². The summed E-state index contributed by atoms with van der Waals surface area (Å²) >= 11 is 1.57. The number of amides is 1. The van der Waals surface area contributed by atoms with Gasteiger partial charge >= 0.3 is 0 Å². The van der Waals surface area contributed by atoms with Crippen LogP contribution in [0.15, 0.2) is 0 Å². The number of carbonyl (C=O) groups is 1. The SMILES string of the molecule is CCN1CCc2nc(NC(=O)C3CC(O)CN3)sc2C1.Cl.Cl. The Bertz CT molecular complexity index is 514. The van der Waals surface area contributed by atoms with Crippen LogP contribution in [0.1, 0.15) is 23.9 Å². The van der Waals surface area contributed by atoms with E-state index in [2.05, 4.69) is 27.4 Å². The minimum absolute atomic E-state index is 0. The largest absolute Gasteiger partial charge is 0.392 e. The number of hydrogen-bond donors (Lipinski definition) is 3. The third-order valence-electron chi connectivity index (χ3n) is 3.91. The number of thiazole rings is 1. The van der Waals surface area contributed by atoms with Crippen molar-refractivity contribution in [2.45, 2.75) is 38.5 Å². The van der Waals surface area contributed by atoms with Crippen molar-refractivity contribution in [2.75, 3.05) is 25.0 Å². The molecular weight excluding hydrogens is 347 g/mol. The molecule has 2 unspecified atom stereocenters. The number of likely N-dealkylation sites (N-methyl/N-ethyl adjacent to an activating group) is 1. The maximum absolute atomic E-state index is 12.1. The van der Waals surface area contributed by atoms with E-state index in [1.54, 1.807) is 11.3 Å². The molecule has 1 aromatic heterocycles. The van der Waals surface area contributed by atoms with Gasteiger partial charge in [-0.25, -0.2) is 4.98 Å². The van der Waals surface area contributed by atoms with Crippen molar-refractivity contribution in [1.29, 1.82) is 0 Å². The summed E-state index contributed by atoms with van der Waals surface area (Å²) in [5.41, 5.74) is 1.12. The lowest BCUT2D eigenvalue weighted by atomic mass is 10.2. The molecule has 22 heavy (non-hydrogen) atoms. The van der Waals surface area contributed by atoms with Gasteiger partial charge in [-0.05, 0) is 13.0 Å². The summed E-state index contributed by atoms with van der Waals surface area (Å²) in [6.07, 6.45) is 1.00. The molecule has 2 aliphatic rings. The molecule has 6 nitrogen and oxygen atoms in total. The van der Waals surface area contributed by atoms with Crippen LogP contribution in [0.3, 0.4) is 0 Å². The lowest BCUT2D eigenvalue weighted by Gasteiger charge is -2.23. The average Bonchev–Trinajstić information content (AvgIpc) is 3.03. The summed E-state index contributed by atoms with van der Waals surface area (Å²) in [6, 6.07) is -0.307. The van der Waals surface area contributed by atoms with Gasteiger partial charge in [0.1, 0.15) is 0 Å². The van der Waals surface area contributed by atoms with Crippen molar-refractivity contribution < 1.29 is 9.90 Å². The fourth-order valence-electron chi connectivity index (χ4n) is 2.68. The zero-order valence-electron chi connectivity index (χ0n) is 12.4. The van der Waals surface area contributed by atoms with E-state index in [0.29, 0.717) is 18.1 Å². The number of hydrogen-bond acceptors (Lipinski definition) is 6. The van der Waals surface area contributed by atoms with E-state index < -0.39 is 6.10 Å². The summed E-state index contributed by atoms with van der Waals surface area (Å²) in [6.45, 7) is 5.66. The van der Waals surface area contributed by atoms with E-state index in [9.17, 15) is 9.90 Å². The first-order valence-corrected chi connectivity index (χ1v) is 7.90. The van der Waals surface area contributed by atoms with Crippen molar-refractivity contribution in [3.63, 3.8) is 0 Å². The second-order valence-electron chi connectivity index (χ2n) is 5.35. The number of anilines is 1. The normalized spacial score (nSPS) is 24.1. The number of aliphatic hydroxyl groups is 1. The number of nitrogens with one attached hydrogen (secondary N) is 2. The highest BCUT2D eigenvalue weighted by Crippen LogP contribution is 2.28. The number of carbonyl (C=O) groups excluding carboxylic acids is 1. The number of aliphatic hydroxyl groups excluding tert-OH is 1. The molecule has 2 atom stereocenters. The Labute approximate surface area is 146 Å². The Morgan fingerprint density at radius 3 is 2.95 bits per heavy atom. The monoisotopic (exact) mass is 368 g/mol. The topological polar surface area (TPSA) is 77.5 Å². The predicted octanol–water partition coefficient (Wildman–Crippen LogP) is 1.03. The summed E-state index contributed by atoms with van der Waals surface area (Å²) in [4.78, 5) is 20.2. The van der Waals surface area contributed by atoms with Crippen LogP contribution < -0.4 is 10.6 Å². The van der Waals surface area contributed by atoms with E-state index >= 15 is 0 Å². The highest BCUT2D eigenvalue weighted by molar-refractivity contribution is 7.15. The molecule has 0 aliphatic carbocycles. The van der Waals surface area contributed by atoms with Crippen LogP contribution in [0.5, 0.6) is 0 Å². The minimum Gasteiger partial charge on any atom is -0.392 e. The summed E-state index contributed by atoms with van der Waals surface area (Å²) in [5, 5.41) is 16.0. The number of rotatable bonds is 3. The summed E-state index contributed by atoms with van der Waals surface area (Å²) in [7, 11) is 0. The Kier molecular flexibility index (Phi) is 7.51. The standard InChI is InChI=1S/C13H20N4O2S.2ClH/c1-2-17-4-3-9-11(7-17)20-13(15-9)16-12(19)10-5-8(18)6-14-10;;/h8,10,14,18H,2-7H2,1H3,(H,15,16,19);2*1H. The fourth-order valence-corrected chi connectivity index (χ4v) is 3.73. The van der Waals surface area contributed by atoms with E-state index in [4.69, 9.17) is 0 Å². The highest BCUT2D eigenvalue weighted by atomic mass is 35.5. The third-order valence-corrected chi connectivity index (χ3v) is 4.91. The van der Waals surface area contributed by atoms with Crippen molar-refractivity contribution >= 4 is 47.2 Å². The number of aromatic nitrogens is 1. The van der Waals surface area contributed by atoms with Gasteiger partial charge in [-0.1, -0.05) is 6.92 Å². The van der Waals surface area contributed by atoms with Gasteiger partial charge in [0.25, 0.3) is 0 Å². The molecule has 1 fully saturated rings. The molecule has 126 valence electrons. The first-order valence-electron chi connectivity index (χ1n) is 7.09. The molecule has 1 saturated heterocycles. The predicted molar refractivity (Wildman–Crippen MR) is 92.3 cm³/mol. The Morgan fingerprint density at radius 2 is 2.32 bits per heavy atom. The quantitative estimate of drug-likeness (QED) is 0.742. The van der Waals surface area contributed by atoms with Crippen molar-refractivity contribution in [1.82, 2.24) is 15.2 Å². The molecule has 1 aromatic rings. The molecular formula is C13H22Cl2N4O2S. The van der Waals surface area contributed by atoms with Gasteiger partial charge in [0, 0.05) is 30.9 Å². The molecule has 0 bridgehead atoms. The zero-order chi connectivity index (χ0) is 14.1. The van der Waals surface area contributed by atoms with Crippen LogP contribution in [0.2, 0.25) is 0 Å². The van der Waals surface area contributed by atoms with Crippen LogP contribution in [-0.2, 0) is 17.8 Å². The second-order valence-corrected chi connectivity index (χ2v) is 6.43. The maximum atomic E-state index is 12.1. The van der Waals surface area contributed by atoms with Gasteiger partial charge in [0.15, 0.2) is 5.13 Å². The number of β-amino-alcohol motifs (C(OH)–C–C–N with tert-alkyl or cyclic N) is 1. The Morgan fingerprint density at radius 1 is 1.55 bits per heavy atom. The lowest BCUT2D eigenvalue weighted by Crippen LogP contribution is -2.35. The third kappa shape index (κ3) is 4.31. The maximum Gasteiger partial charge on any atom is 0.243 e. The average molecular weight is 369 g/mol. The molecule has 9 heteroatoms. The van der Waals surface area contributed by atoms with Crippen LogP contribution in [0.25, 0.3) is 0 Å². The highest BCUT2D eigenvalue weighted by Gasteiger charge is 2.29. The molecule has 0 saturated carbocycles. The lowest BCUT2D eigenvalue weighted by molar-refractivity contribution is -0.117. The van der Waals surface area contributed by atoms with Gasteiger partial charge < -0.3 is 15.7 Å². The smallest absolute Gasteiger partial charge is 0.243 e. The molecule has 3 rings (SSSR count). The van der Waals surface area contributed by atoms with Crippen LogP contribution >= 0.6 is 36.2 Å². The van der Waals surface area contributed by atoms with E-state index in [-0.39, 0.29) is 36.8 Å². The molecule has 0 radical (unpaired) electrons. The summed E-state index contributed by atoms with van der Waals surface area (Å²) < 4.78 is 0. The molecule has 1 amide bonds. The molecule has 0 aromatic carbocycles. The van der Waals surface area contributed by atoms with Crippen molar-refractivity contribution in [2.24, 2.45) is 0 Å². The fraction of sp³-hybridized carbons (Fsp3) is 0.692. The van der Waals surface area contributed by atoms with Gasteiger partial charge in [0.05, 0.1) is 17.8 Å². The van der Waals surface area contributed by atoms with Gasteiger partial charge in [-0.3, -0.25) is 9.69 Å². The molecule has 3 heterocycles.